The van der Waals surface area contributed by atoms with E-state index in [9.17, 15) is 4.79 Å². The summed E-state index contributed by atoms with van der Waals surface area (Å²) < 4.78 is 5.55. The lowest BCUT2D eigenvalue weighted by Gasteiger charge is -2.41. The lowest BCUT2D eigenvalue weighted by Crippen LogP contribution is -2.54. The zero-order chi connectivity index (χ0) is 17.7. The van der Waals surface area contributed by atoms with Crippen LogP contribution in [-0.4, -0.2) is 35.5 Å². The van der Waals surface area contributed by atoms with E-state index in [0.717, 1.165) is 12.8 Å². The van der Waals surface area contributed by atoms with Gasteiger partial charge in [0.1, 0.15) is 5.02 Å². The van der Waals surface area contributed by atoms with E-state index in [1.165, 1.54) is 11.8 Å². The fourth-order valence-corrected chi connectivity index (χ4v) is 3.35. The summed E-state index contributed by atoms with van der Waals surface area (Å²) in [6.45, 7) is 4.21. The largest absolute Gasteiger partial charge is 0.381 e. The van der Waals surface area contributed by atoms with Gasteiger partial charge in [0.05, 0.1) is 11.9 Å². The maximum Gasteiger partial charge on any atom is 0.285 e. The summed E-state index contributed by atoms with van der Waals surface area (Å²) in [6.07, 6.45) is 3.30. The molecule has 0 saturated carbocycles. The van der Waals surface area contributed by atoms with Crippen LogP contribution in [0.15, 0.2) is 41.3 Å². The summed E-state index contributed by atoms with van der Waals surface area (Å²) >= 11 is 6.07. The van der Waals surface area contributed by atoms with Crippen LogP contribution in [0.25, 0.3) is 0 Å². The average molecular weight is 363 g/mol. The first-order valence-corrected chi connectivity index (χ1v) is 8.85. The lowest BCUT2D eigenvalue weighted by atomic mass is 9.88. The van der Waals surface area contributed by atoms with Crippen molar-refractivity contribution in [1.29, 1.82) is 0 Å². The molecule has 1 aliphatic rings. The molecular formula is C18H23ClN4O2. The molecule has 1 aromatic heterocycles. The number of aromatic amines is 1. The summed E-state index contributed by atoms with van der Waals surface area (Å²) in [7, 11) is 0. The molecular weight excluding hydrogens is 340 g/mol. The van der Waals surface area contributed by atoms with Crippen molar-refractivity contribution in [3.8, 4) is 0 Å². The number of aromatic nitrogens is 2. The van der Waals surface area contributed by atoms with Crippen molar-refractivity contribution < 1.29 is 4.74 Å². The average Bonchev–Trinajstić information content (AvgIpc) is 2.64. The molecule has 0 aliphatic carbocycles. The van der Waals surface area contributed by atoms with Gasteiger partial charge in [0, 0.05) is 31.3 Å². The van der Waals surface area contributed by atoms with E-state index in [0.29, 0.717) is 25.4 Å². The third kappa shape index (κ3) is 4.39. The molecule has 1 aromatic carbocycles. The van der Waals surface area contributed by atoms with E-state index in [2.05, 4.69) is 39.9 Å². The summed E-state index contributed by atoms with van der Waals surface area (Å²) in [5, 5.41) is 13.3. The Kier molecular flexibility index (Phi) is 5.73. The number of H-pyrrole nitrogens is 1. The molecule has 2 heterocycles. The monoisotopic (exact) mass is 362 g/mol. The third-order valence-corrected chi connectivity index (χ3v) is 5.06. The number of hydrogen-bond donors (Lipinski definition) is 3. The van der Waals surface area contributed by atoms with Crippen molar-refractivity contribution in [2.75, 3.05) is 25.1 Å². The van der Waals surface area contributed by atoms with Gasteiger partial charge in [-0.1, -0.05) is 41.9 Å². The Morgan fingerprint density at radius 2 is 2.04 bits per heavy atom. The van der Waals surface area contributed by atoms with Crippen molar-refractivity contribution in [2.45, 2.75) is 31.3 Å². The highest BCUT2D eigenvalue weighted by Crippen LogP contribution is 2.27. The normalized spacial score (nSPS) is 17.8. The molecule has 1 fully saturated rings. The number of hydrogen-bond acceptors (Lipinski definition) is 5. The maximum absolute atomic E-state index is 11.6. The molecule has 134 valence electrons. The van der Waals surface area contributed by atoms with Gasteiger partial charge in [-0.2, -0.15) is 5.10 Å². The van der Waals surface area contributed by atoms with Crippen molar-refractivity contribution >= 4 is 17.3 Å². The van der Waals surface area contributed by atoms with Crippen LogP contribution in [-0.2, 0) is 4.74 Å². The van der Waals surface area contributed by atoms with Crippen LogP contribution in [0.3, 0.4) is 0 Å². The first-order chi connectivity index (χ1) is 12.1. The van der Waals surface area contributed by atoms with E-state index < -0.39 is 5.56 Å². The molecule has 1 saturated heterocycles. The topological polar surface area (TPSA) is 79.0 Å². The van der Waals surface area contributed by atoms with Crippen LogP contribution < -0.4 is 16.2 Å². The number of ether oxygens (including phenoxy) is 1. The molecule has 0 amide bonds. The van der Waals surface area contributed by atoms with Crippen LogP contribution in [0.4, 0.5) is 5.69 Å². The first-order valence-electron chi connectivity index (χ1n) is 8.47. The Bertz CT molecular complexity index is 744. The molecule has 1 unspecified atom stereocenters. The Morgan fingerprint density at radius 3 is 2.76 bits per heavy atom. The molecule has 3 rings (SSSR count). The second kappa shape index (κ2) is 7.99. The van der Waals surface area contributed by atoms with Crippen molar-refractivity contribution in [1.82, 2.24) is 15.5 Å². The predicted octanol–water partition coefficient (Wildman–Crippen LogP) is 2.74. The van der Waals surface area contributed by atoms with Crippen LogP contribution in [0, 0.1) is 0 Å². The highest BCUT2D eigenvalue weighted by atomic mass is 35.5. The molecule has 0 bridgehead atoms. The highest BCUT2D eigenvalue weighted by Gasteiger charge is 2.34. The number of halogens is 1. The SMILES string of the molecule is CC(NC1(CNc2cn[nH]c(=O)c2Cl)CCOCC1)c1ccccc1. The van der Waals surface area contributed by atoms with Crippen LogP contribution in [0.5, 0.6) is 0 Å². The second-order valence-electron chi connectivity index (χ2n) is 6.45. The number of benzene rings is 1. The zero-order valence-electron chi connectivity index (χ0n) is 14.2. The Morgan fingerprint density at radius 1 is 1.32 bits per heavy atom. The van der Waals surface area contributed by atoms with Crippen LogP contribution >= 0.6 is 11.6 Å². The van der Waals surface area contributed by atoms with Crippen molar-refractivity contribution in [2.24, 2.45) is 0 Å². The predicted molar refractivity (Wildman–Crippen MR) is 99.1 cm³/mol. The smallest absolute Gasteiger partial charge is 0.285 e. The fraction of sp³-hybridized carbons (Fsp3) is 0.444. The molecule has 1 aliphatic heterocycles. The van der Waals surface area contributed by atoms with Gasteiger partial charge in [-0.15, -0.1) is 0 Å². The summed E-state index contributed by atoms with van der Waals surface area (Å²) in [5.74, 6) is 0. The summed E-state index contributed by atoms with van der Waals surface area (Å²) in [5.41, 5.74) is 1.26. The number of nitrogens with one attached hydrogen (secondary N) is 3. The highest BCUT2D eigenvalue weighted by molar-refractivity contribution is 6.32. The molecule has 2 aromatic rings. The van der Waals surface area contributed by atoms with Gasteiger partial charge in [-0.25, -0.2) is 5.10 Å². The van der Waals surface area contributed by atoms with E-state index in [1.807, 2.05) is 18.2 Å². The third-order valence-electron chi connectivity index (χ3n) is 4.68. The summed E-state index contributed by atoms with van der Waals surface area (Å²) in [4.78, 5) is 11.6. The second-order valence-corrected chi connectivity index (χ2v) is 6.83. The van der Waals surface area contributed by atoms with E-state index in [4.69, 9.17) is 16.3 Å². The van der Waals surface area contributed by atoms with Gasteiger partial charge < -0.3 is 15.4 Å². The molecule has 0 radical (unpaired) electrons. The lowest BCUT2D eigenvalue weighted by molar-refractivity contribution is 0.0389. The molecule has 1 atom stereocenters. The number of nitrogens with zero attached hydrogens (tertiary/aromatic N) is 1. The van der Waals surface area contributed by atoms with E-state index in [1.54, 1.807) is 0 Å². The van der Waals surface area contributed by atoms with Gasteiger partial charge in [-0.3, -0.25) is 4.79 Å². The number of rotatable bonds is 6. The molecule has 25 heavy (non-hydrogen) atoms. The molecule has 0 spiro atoms. The van der Waals surface area contributed by atoms with E-state index >= 15 is 0 Å². The van der Waals surface area contributed by atoms with Crippen molar-refractivity contribution in [3.05, 3.63) is 57.5 Å². The molecule has 3 N–H and O–H groups in total. The Balaban J connectivity index is 1.74. The van der Waals surface area contributed by atoms with E-state index in [-0.39, 0.29) is 16.6 Å². The minimum absolute atomic E-state index is 0.133. The quantitative estimate of drug-likeness (QED) is 0.736. The van der Waals surface area contributed by atoms with Gasteiger partial charge in [-0.05, 0) is 25.3 Å². The molecule has 7 heteroatoms. The van der Waals surface area contributed by atoms with Crippen molar-refractivity contribution in [3.63, 3.8) is 0 Å². The Hall–Kier alpha value is -1.89. The number of anilines is 1. The standard InChI is InChI=1S/C18H23ClN4O2/c1-13(14-5-3-2-4-6-14)22-18(7-9-25-10-8-18)12-20-15-11-21-23-17(24)16(15)19/h2-6,11,13,22H,7-10,12H2,1H3,(H2,20,23,24). The Labute approximate surface area is 151 Å². The van der Waals surface area contributed by atoms with Gasteiger partial charge in [0.25, 0.3) is 5.56 Å². The zero-order valence-corrected chi connectivity index (χ0v) is 15.0. The minimum Gasteiger partial charge on any atom is -0.381 e. The maximum atomic E-state index is 11.6. The first kappa shape index (κ1) is 17.9. The summed E-state index contributed by atoms with van der Waals surface area (Å²) in [6, 6.07) is 10.6. The van der Waals surface area contributed by atoms with Gasteiger partial charge >= 0.3 is 0 Å². The van der Waals surface area contributed by atoms with Crippen LogP contribution in [0.2, 0.25) is 5.02 Å². The van der Waals surface area contributed by atoms with Gasteiger partial charge in [0.15, 0.2) is 0 Å². The fourth-order valence-electron chi connectivity index (χ4n) is 3.19. The van der Waals surface area contributed by atoms with Gasteiger partial charge in [0.2, 0.25) is 0 Å². The minimum atomic E-state index is -0.390. The molecule has 6 nitrogen and oxygen atoms in total. The van der Waals surface area contributed by atoms with Crippen LogP contribution in [0.1, 0.15) is 31.4 Å².